The lowest BCUT2D eigenvalue weighted by Gasteiger charge is -2.32. The summed E-state index contributed by atoms with van der Waals surface area (Å²) in [7, 11) is 1.76. The third-order valence-corrected chi connectivity index (χ3v) is 3.27. The summed E-state index contributed by atoms with van der Waals surface area (Å²) in [4.78, 5) is 27.4. The van der Waals surface area contributed by atoms with Crippen LogP contribution in [0.5, 0.6) is 0 Å². The number of carbonyl (C=O) groups is 2. The lowest BCUT2D eigenvalue weighted by Crippen LogP contribution is -2.50. The predicted octanol–water partition coefficient (Wildman–Crippen LogP) is 1.03. The second-order valence-electron chi connectivity index (χ2n) is 4.62. The highest BCUT2D eigenvalue weighted by atomic mass is 16.2. The molecule has 0 aliphatic carbocycles. The molecule has 1 aromatic rings. The fraction of sp³-hybridized carbons (Fsp3) is 0.429. The molecule has 0 bridgehead atoms. The van der Waals surface area contributed by atoms with Gasteiger partial charge >= 0.3 is 0 Å². The highest BCUT2D eigenvalue weighted by molar-refractivity contribution is 6.01. The Balaban J connectivity index is 2.18. The highest BCUT2D eigenvalue weighted by Gasteiger charge is 2.26. The molecular formula is C14H19N3O2. The monoisotopic (exact) mass is 261 g/mol. The number of nitrogens with one attached hydrogen (secondary N) is 1. The van der Waals surface area contributed by atoms with Crippen LogP contribution in [-0.4, -0.2) is 54.8 Å². The zero-order valence-corrected chi connectivity index (χ0v) is 11.3. The molecule has 1 N–H and O–H groups in total. The minimum absolute atomic E-state index is 0.0134. The average Bonchev–Trinajstić information content (AvgIpc) is 2.42. The Labute approximate surface area is 113 Å². The first-order chi connectivity index (χ1) is 9.13. The zero-order valence-electron chi connectivity index (χ0n) is 11.3. The molecule has 1 saturated heterocycles. The van der Waals surface area contributed by atoms with Gasteiger partial charge in [-0.2, -0.15) is 0 Å². The van der Waals surface area contributed by atoms with E-state index in [1.807, 2.05) is 25.1 Å². The zero-order chi connectivity index (χ0) is 13.8. The van der Waals surface area contributed by atoms with Crippen molar-refractivity contribution in [1.82, 2.24) is 9.80 Å². The molecule has 0 saturated carbocycles. The summed E-state index contributed by atoms with van der Waals surface area (Å²) in [5.41, 5.74) is 1.45. The number of piperazine rings is 1. The van der Waals surface area contributed by atoms with Crippen molar-refractivity contribution in [3.63, 3.8) is 0 Å². The van der Waals surface area contributed by atoms with Gasteiger partial charge in [-0.25, -0.2) is 0 Å². The van der Waals surface area contributed by atoms with Crippen molar-refractivity contribution in [3.8, 4) is 0 Å². The van der Waals surface area contributed by atoms with E-state index in [2.05, 4.69) is 5.32 Å². The maximum Gasteiger partial charge on any atom is 0.256 e. The van der Waals surface area contributed by atoms with Crippen LogP contribution in [0.1, 0.15) is 17.3 Å². The van der Waals surface area contributed by atoms with Crippen molar-refractivity contribution in [1.29, 1.82) is 0 Å². The molecular weight excluding hydrogens is 242 g/mol. The van der Waals surface area contributed by atoms with Gasteiger partial charge in [-0.3, -0.25) is 9.59 Å². The number of nitrogens with zero attached hydrogens (tertiary/aromatic N) is 2. The Kier molecular flexibility index (Phi) is 4.04. The Bertz CT molecular complexity index is 487. The first kappa shape index (κ1) is 13.4. The molecule has 0 spiro atoms. The van der Waals surface area contributed by atoms with Gasteiger partial charge in [0.15, 0.2) is 0 Å². The molecule has 2 amide bonds. The van der Waals surface area contributed by atoms with Crippen LogP contribution in [0.25, 0.3) is 0 Å². The van der Waals surface area contributed by atoms with E-state index in [9.17, 15) is 9.59 Å². The van der Waals surface area contributed by atoms with Crippen molar-refractivity contribution in [2.45, 2.75) is 6.92 Å². The van der Waals surface area contributed by atoms with Crippen LogP contribution in [0.4, 0.5) is 5.69 Å². The largest absolute Gasteiger partial charge is 0.385 e. The third kappa shape index (κ3) is 2.86. The predicted molar refractivity (Wildman–Crippen MR) is 74.1 cm³/mol. The summed E-state index contributed by atoms with van der Waals surface area (Å²) in [6.45, 7) is 4.08. The summed E-state index contributed by atoms with van der Waals surface area (Å²) in [5.74, 6) is -0.0986. The number of carbonyl (C=O) groups excluding carboxylic acids is 2. The normalized spacial score (nSPS) is 15.6. The number of para-hydroxylation sites is 1. The molecule has 0 unspecified atom stereocenters. The molecule has 0 atom stereocenters. The number of anilines is 1. The summed E-state index contributed by atoms with van der Waals surface area (Å²) >= 11 is 0. The molecule has 0 radical (unpaired) electrons. The molecule has 5 heteroatoms. The first-order valence-electron chi connectivity index (χ1n) is 6.49. The molecule has 1 aliphatic heterocycles. The topological polar surface area (TPSA) is 52.7 Å². The van der Waals surface area contributed by atoms with Gasteiger partial charge in [0.2, 0.25) is 5.91 Å². The maximum atomic E-state index is 12.5. The van der Waals surface area contributed by atoms with E-state index < -0.39 is 0 Å². The van der Waals surface area contributed by atoms with E-state index in [4.69, 9.17) is 0 Å². The van der Waals surface area contributed by atoms with Gasteiger partial charge < -0.3 is 15.1 Å². The van der Waals surface area contributed by atoms with Gasteiger partial charge in [0.1, 0.15) is 6.54 Å². The summed E-state index contributed by atoms with van der Waals surface area (Å²) in [6.07, 6.45) is 0. The van der Waals surface area contributed by atoms with Crippen molar-refractivity contribution >= 4 is 17.5 Å². The standard InChI is InChI=1S/C14H19N3O2/c1-3-15-12-7-5-4-6-11(12)14(19)17-9-8-16(2)13(18)10-17/h4-7,15H,3,8-10H2,1-2H3. The van der Waals surface area contributed by atoms with Gasteiger partial charge in [-0.15, -0.1) is 0 Å². The lowest BCUT2D eigenvalue weighted by atomic mass is 10.1. The number of benzene rings is 1. The molecule has 5 nitrogen and oxygen atoms in total. The SMILES string of the molecule is CCNc1ccccc1C(=O)N1CCN(C)C(=O)C1. The van der Waals surface area contributed by atoms with E-state index in [-0.39, 0.29) is 18.4 Å². The van der Waals surface area contributed by atoms with Crippen LogP contribution >= 0.6 is 0 Å². The van der Waals surface area contributed by atoms with Crippen LogP contribution < -0.4 is 5.32 Å². The van der Waals surface area contributed by atoms with Gasteiger partial charge in [0.25, 0.3) is 5.91 Å². The van der Waals surface area contributed by atoms with Gasteiger partial charge in [-0.1, -0.05) is 12.1 Å². The Morgan fingerprint density at radius 1 is 1.32 bits per heavy atom. The molecule has 19 heavy (non-hydrogen) atoms. The number of rotatable bonds is 3. The highest BCUT2D eigenvalue weighted by Crippen LogP contribution is 2.18. The van der Waals surface area contributed by atoms with Crippen molar-refractivity contribution in [3.05, 3.63) is 29.8 Å². The van der Waals surface area contributed by atoms with Crippen molar-refractivity contribution in [2.24, 2.45) is 0 Å². The average molecular weight is 261 g/mol. The smallest absolute Gasteiger partial charge is 0.256 e. The molecule has 1 heterocycles. The van der Waals surface area contributed by atoms with Crippen LogP contribution in [0.3, 0.4) is 0 Å². The fourth-order valence-corrected chi connectivity index (χ4v) is 2.12. The van der Waals surface area contributed by atoms with Crippen molar-refractivity contribution in [2.75, 3.05) is 38.5 Å². The molecule has 1 aliphatic rings. The van der Waals surface area contributed by atoms with Crippen LogP contribution in [0.15, 0.2) is 24.3 Å². The molecule has 0 aromatic heterocycles. The second-order valence-corrected chi connectivity index (χ2v) is 4.62. The fourth-order valence-electron chi connectivity index (χ4n) is 2.12. The van der Waals surface area contributed by atoms with E-state index in [0.29, 0.717) is 18.7 Å². The number of hydrogen-bond donors (Lipinski definition) is 1. The number of hydrogen-bond acceptors (Lipinski definition) is 3. The van der Waals surface area contributed by atoms with E-state index in [1.165, 1.54) is 0 Å². The molecule has 1 fully saturated rings. The lowest BCUT2D eigenvalue weighted by molar-refractivity contribution is -0.133. The Morgan fingerprint density at radius 3 is 2.74 bits per heavy atom. The Morgan fingerprint density at radius 2 is 2.05 bits per heavy atom. The number of amides is 2. The minimum Gasteiger partial charge on any atom is -0.385 e. The first-order valence-corrected chi connectivity index (χ1v) is 6.49. The van der Waals surface area contributed by atoms with E-state index in [1.54, 1.807) is 22.9 Å². The third-order valence-electron chi connectivity index (χ3n) is 3.27. The molecule has 2 rings (SSSR count). The second kappa shape index (κ2) is 5.73. The van der Waals surface area contributed by atoms with Gasteiger partial charge in [0, 0.05) is 32.4 Å². The van der Waals surface area contributed by atoms with E-state index >= 15 is 0 Å². The molecule has 102 valence electrons. The van der Waals surface area contributed by atoms with Crippen LogP contribution in [0, 0.1) is 0 Å². The molecule has 1 aromatic carbocycles. The van der Waals surface area contributed by atoms with Crippen molar-refractivity contribution < 1.29 is 9.59 Å². The van der Waals surface area contributed by atoms with Crippen LogP contribution in [-0.2, 0) is 4.79 Å². The van der Waals surface area contributed by atoms with Gasteiger partial charge in [0.05, 0.1) is 5.56 Å². The maximum absolute atomic E-state index is 12.5. The van der Waals surface area contributed by atoms with E-state index in [0.717, 1.165) is 12.2 Å². The quantitative estimate of drug-likeness (QED) is 0.884. The van der Waals surface area contributed by atoms with Gasteiger partial charge in [-0.05, 0) is 19.1 Å². The summed E-state index contributed by atoms with van der Waals surface area (Å²) in [5, 5.41) is 3.17. The Hall–Kier alpha value is -2.04. The summed E-state index contributed by atoms with van der Waals surface area (Å²) in [6, 6.07) is 7.41. The minimum atomic E-state index is -0.0852. The summed E-state index contributed by atoms with van der Waals surface area (Å²) < 4.78 is 0. The number of likely N-dealkylation sites (N-methyl/N-ethyl adjacent to an activating group) is 1. The van der Waals surface area contributed by atoms with Crippen LogP contribution in [0.2, 0.25) is 0 Å².